The van der Waals surface area contributed by atoms with E-state index in [0.29, 0.717) is 0 Å². The highest BCUT2D eigenvalue weighted by molar-refractivity contribution is 14.1. The number of hydrogen-bond acceptors (Lipinski definition) is 0. The van der Waals surface area contributed by atoms with Gasteiger partial charge in [-0.1, -0.05) is 97.1 Å². The molecule has 172 valence electrons. The Morgan fingerprint density at radius 1 is 0.250 bits per heavy atom. The third kappa shape index (κ3) is 4.97. The van der Waals surface area contributed by atoms with Crippen LogP contribution in [0.3, 0.4) is 0 Å². The molecule has 0 fully saturated rings. The first-order valence-corrected chi connectivity index (χ1v) is 14.0. The quantitative estimate of drug-likeness (QED) is 0.162. The zero-order chi connectivity index (χ0) is 24.5. The van der Waals surface area contributed by atoms with Gasteiger partial charge in [-0.3, -0.25) is 0 Å². The Hall–Kier alpha value is -2.96. The van der Waals surface area contributed by atoms with Gasteiger partial charge in [0, 0.05) is 7.14 Å². The molecule has 0 saturated heterocycles. The molecule has 0 aliphatic rings. The van der Waals surface area contributed by atoms with Crippen LogP contribution in [0, 0.1) is 7.14 Å². The van der Waals surface area contributed by atoms with Gasteiger partial charge in [-0.2, -0.15) is 0 Å². The summed E-state index contributed by atoms with van der Waals surface area (Å²) in [6, 6.07) is 48.6. The highest BCUT2D eigenvalue weighted by Crippen LogP contribution is 2.31. The predicted molar refractivity (Wildman–Crippen MR) is 171 cm³/mol. The summed E-state index contributed by atoms with van der Waals surface area (Å²) in [7, 11) is 0. The van der Waals surface area contributed by atoms with Crippen molar-refractivity contribution in [1.82, 2.24) is 0 Å². The predicted octanol–water partition coefficient (Wildman–Crippen LogP) is 10.7. The first-order chi connectivity index (χ1) is 17.6. The lowest BCUT2D eigenvalue weighted by Gasteiger charge is -2.09. The van der Waals surface area contributed by atoms with Crippen molar-refractivity contribution in [3.05, 3.63) is 141 Å². The van der Waals surface area contributed by atoms with Gasteiger partial charge in [0.1, 0.15) is 0 Å². The first kappa shape index (κ1) is 23.4. The highest BCUT2D eigenvalue weighted by atomic mass is 127. The molecule has 0 radical (unpaired) electrons. The van der Waals surface area contributed by atoms with E-state index in [2.05, 4.69) is 179 Å². The number of rotatable bonds is 4. The summed E-state index contributed by atoms with van der Waals surface area (Å²) in [6.07, 6.45) is 0. The molecule has 0 heterocycles. The first-order valence-electron chi connectivity index (χ1n) is 11.9. The van der Waals surface area contributed by atoms with Crippen LogP contribution in [0.1, 0.15) is 0 Å². The highest BCUT2D eigenvalue weighted by Gasteiger charge is 2.05. The molecule has 0 nitrogen and oxygen atoms in total. The molecule has 0 bridgehead atoms. The van der Waals surface area contributed by atoms with Gasteiger partial charge in [-0.05, 0) is 137 Å². The van der Waals surface area contributed by atoms with Gasteiger partial charge in [0.05, 0.1) is 0 Å². The fraction of sp³-hybridized carbons (Fsp3) is 0. The van der Waals surface area contributed by atoms with Crippen molar-refractivity contribution < 1.29 is 0 Å². The number of fused-ring (bicyclic) bond motifs is 1. The van der Waals surface area contributed by atoms with Crippen LogP contribution < -0.4 is 0 Å². The molecule has 6 aromatic rings. The molecule has 0 amide bonds. The van der Waals surface area contributed by atoms with Crippen molar-refractivity contribution in [2.24, 2.45) is 0 Å². The monoisotopic (exact) mass is 684 g/mol. The van der Waals surface area contributed by atoms with Crippen molar-refractivity contribution in [2.45, 2.75) is 0 Å². The second-order valence-corrected chi connectivity index (χ2v) is 11.4. The Morgan fingerprint density at radius 2 is 0.500 bits per heavy atom. The maximum atomic E-state index is 2.35. The minimum Gasteiger partial charge on any atom is -0.0538 e. The summed E-state index contributed by atoms with van der Waals surface area (Å²) in [4.78, 5) is 0. The summed E-state index contributed by atoms with van der Waals surface area (Å²) in [5, 5.41) is 2.52. The molecule has 0 saturated carbocycles. The molecule has 36 heavy (non-hydrogen) atoms. The van der Waals surface area contributed by atoms with Crippen LogP contribution in [-0.2, 0) is 0 Å². The molecule has 0 unspecified atom stereocenters. The lowest BCUT2D eigenvalue weighted by molar-refractivity contribution is 1.58. The molecule has 0 aliphatic carbocycles. The molecular formula is C34H22I2. The van der Waals surface area contributed by atoms with Gasteiger partial charge >= 0.3 is 0 Å². The molecule has 0 atom stereocenters. The number of benzene rings is 6. The normalized spacial score (nSPS) is 11.1. The summed E-state index contributed by atoms with van der Waals surface area (Å²) in [6.45, 7) is 0. The molecule has 0 aliphatic heterocycles. The molecule has 6 aromatic carbocycles. The Balaban J connectivity index is 1.28. The van der Waals surface area contributed by atoms with E-state index in [1.54, 1.807) is 0 Å². The van der Waals surface area contributed by atoms with E-state index in [-0.39, 0.29) is 0 Å². The molecule has 6 rings (SSSR count). The summed E-state index contributed by atoms with van der Waals surface area (Å²) < 4.78 is 2.51. The summed E-state index contributed by atoms with van der Waals surface area (Å²) in [5.41, 5.74) is 9.93. The second-order valence-electron chi connectivity index (χ2n) is 8.95. The van der Waals surface area contributed by atoms with Crippen molar-refractivity contribution in [2.75, 3.05) is 0 Å². The van der Waals surface area contributed by atoms with Gasteiger partial charge in [-0.15, -0.1) is 0 Å². The van der Waals surface area contributed by atoms with E-state index in [9.17, 15) is 0 Å². The number of halogens is 2. The fourth-order valence-electron chi connectivity index (χ4n) is 4.60. The lowest BCUT2D eigenvalue weighted by Crippen LogP contribution is -1.84. The van der Waals surface area contributed by atoms with Crippen LogP contribution in [0.2, 0.25) is 0 Å². The van der Waals surface area contributed by atoms with Crippen molar-refractivity contribution >= 4 is 56.0 Å². The SMILES string of the molecule is Ic1ccc(-c2ccc(-c3ccc4ccc(-c5ccc(-c6ccc(I)cc6)cc5)cc4c3)cc2)cc1. The zero-order valence-electron chi connectivity index (χ0n) is 19.5. The van der Waals surface area contributed by atoms with Crippen LogP contribution in [-0.4, -0.2) is 0 Å². The zero-order valence-corrected chi connectivity index (χ0v) is 23.8. The van der Waals surface area contributed by atoms with Crippen molar-refractivity contribution in [1.29, 1.82) is 0 Å². The maximum absolute atomic E-state index is 2.35. The molecule has 0 N–H and O–H groups in total. The van der Waals surface area contributed by atoms with Gasteiger partial charge in [0.25, 0.3) is 0 Å². The van der Waals surface area contributed by atoms with Crippen LogP contribution in [0.5, 0.6) is 0 Å². The topological polar surface area (TPSA) is 0 Å². The van der Waals surface area contributed by atoms with E-state index in [1.807, 2.05) is 0 Å². The van der Waals surface area contributed by atoms with Crippen LogP contribution in [0.4, 0.5) is 0 Å². The Morgan fingerprint density at radius 3 is 0.833 bits per heavy atom. The summed E-state index contributed by atoms with van der Waals surface area (Å²) >= 11 is 4.69. The molecule has 0 aromatic heterocycles. The standard InChI is InChI=1S/C34H22I2/c35-33-17-13-25(14-18-33)23-1-5-27(6-2-23)30-11-9-29-10-12-31(22-32(29)21-30)28-7-3-24(4-8-28)26-15-19-34(36)20-16-26/h1-22H. The Bertz CT molecular complexity index is 1520. The lowest BCUT2D eigenvalue weighted by atomic mass is 9.95. The second kappa shape index (κ2) is 10.2. The summed E-state index contributed by atoms with van der Waals surface area (Å²) in [5.74, 6) is 0. The van der Waals surface area contributed by atoms with Crippen molar-refractivity contribution in [3.63, 3.8) is 0 Å². The van der Waals surface area contributed by atoms with E-state index in [0.717, 1.165) is 0 Å². The van der Waals surface area contributed by atoms with E-state index < -0.39 is 0 Å². The van der Waals surface area contributed by atoms with Gasteiger partial charge in [-0.25, -0.2) is 0 Å². The minimum absolute atomic E-state index is 1.23. The van der Waals surface area contributed by atoms with Gasteiger partial charge in [0.15, 0.2) is 0 Å². The molecule has 2 heteroatoms. The Labute approximate surface area is 239 Å². The van der Waals surface area contributed by atoms with Gasteiger partial charge < -0.3 is 0 Å². The third-order valence-electron chi connectivity index (χ3n) is 6.63. The fourth-order valence-corrected chi connectivity index (χ4v) is 5.32. The largest absolute Gasteiger partial charge is 0.0538 e. The smallest absolute Gasteiger partial charge is 0.0130 e. The third-order valence-corrected chi connectivity index (χ3v) is 8.07. The van der Waals surface area contributed by atoms with Crippen molar-refractivity contribution in [3.8, 4) is 44.5 Å². The van der Waals surface area contributed by atoms with Crippen LogP contribution in [0.15, 0.2) is 133 Å². The van der Waals surface area contributed by atoms with E-state index >= 15 is 0 Å². The number of hydrogen-bond donors (Lipinski definition) is 0. The van der Waals surface area contributed by atoms with Crippen LogP contribution >= 0.6 is 45.2 Å². The van der Waals surface area contributed by atoms with Gasteiger partial charge in [0.2, 0.25) is 0 Å². The van der Waals surface area contributed by atoms with E-state index in [1.165, 1.54) is 62.4 Å². The van der Waals surface area contributed by atoms with Crippen LogP contribution in [0.25, 0.3) is 55.3 Å². The molecular weight excluding hydrogens is 662 g/mol. The average molecular weight is 684 g/mol. The molecule has 0 spiro atoms. The van der Waals surface area contributed by atoms with E-state index in [4.69, 9.17) is 0 Å². The Kier molecular flexibility index (Phi) is 6.63. The minimum atomic E-state index is 1.23. The average Bonchev–Trinajstić information content (AvgIpc) is 2.93. The maximum Gasteiger partial charge on any atom is 0.0130 e.